The van der Waals surface area contributed by atoms with Gasteiger partial charge in [0.2, 0.25) is 0 Å². The lowest BCUT2D eigenvalue weighted by Gasteiger charge is -2.58. The molecular weight excluding hydrogens is 423 g/mol. The highest BCUT2D eigenvalue weighted by Crippen LogP contribution is 2.67. The van der Waals surface area contributed by atoms with Gasteiger partial charge in [-0.05, 0) is 104 Å². The SMILES string of the molecule is C[C@H](CCCC(O)c1ccccc1F)[C@H]1CC[C@H]2[C@@H]3CC=C4C[C@@H](O)CC[C@]4(C)[C@H]3CC[C@]12C. The summed E-state index contributed by atoms with van der Waals surface area (Å²) in [5.74, 6) is 3.54. The lowest BCUT2D eigenvalue weighted by atomic mass is 9.47. The molecule has 4 aliphatic carbocycles. The molecule has 3 heteroatoms. The molecule has 2 nitrogen and oxygen atoms in total. The van der Waals surface area contributed by atoms with Crippen LogP contribution in [-0.4, -0.2) is 16.3 Å². The maximum atomic E-state index is 14.0. The van der Waals surface area contributed by atoms with Crippen LogP contribution < -0.4 is 0 Å². The van der Waals surface area contributed by atoms with Crippen LogP contribution in [-0.2, 0) is 0 Å². The van der Waals surface area contributed by atoms with Crippen molar-refractivity contribution in [3.05, 3.63) is 47.3 Å². The Labute approximate surface area is 206 Å². The highest BCUT2D eigenvalue weighted by molar-refractivity contribution is 5.25. The average molecular weight is 469 g/mol. The quantitative estimate of drug-likeness (QED) is 0.422. The Kier molecular flexibility index (Phi) is 6.74. The first-order chi connectivity index (χ1) is 16.2. The molecule has 1 unspecified atom stereocenters. The zero-order valence-electron chi connectivity index (χ0n) is 21.5. The van der Waals surface area contributed by atoms with Gasteiger partial charge in [0, 0.05) is 5.56 Å². The molecule has 9 atom stereocenters. The molecule has 1 aromatic carbocycles. The Morgan fingerprint density at radius 3 is 2.62 bits per heavy atom. The van der Waals surface area contributed by atoms with E-state index in [1.54, 1.807) is 23.8 Å². The van der Waals surface area contributed by atoms with Gasteiger partial charge < -0.3 is 10.2 Å². The van der Waals surface area contributed by atoms with E-state index in [0.29, 0.717) is 28.7 Å². The summed E-state index contributed by atoms with van der Waals surface area (Å²) in [6.07, 6.45) is 14.1. The summed E-state index contributed by atoms with van der Waals surface area (Å²) in [5.41, 5.74) is 2.75. The van der Waals surface area contributed by atoms with Crippen molar-refractivity contribution in [2.24, 2.45) is 40.4 Å². The minimum absolute atomic E-state index is 0.127. The maximum Gasteiger partial charge on any atom is 0.128 e. The maximum absolute atomic E-state index is 14.0. The summed E-state index contributed by atoms with van der Waals surface area (Å²) < 4.78 is 14.0. The molecule has 4 aliphatic rings. The van der Waals surface area contributed by atoms with E-state index in [1.807, 2.05) is 0 Å². The summed E-state index contributed by atoms with van der Waals surface area (Å²) in [6, 6.07) is 6.64. The highest BCUT2D eigenvalue weighted by Gasteiger charge is 2.59. The van der Waals surface area contributed by atoms with E-state index in [2.05, 4.69) is 26.8 Å². The lowest BCUT2D eigenvalue weighted by Crippen LogP contribution is -2.50. The standard InChI is InChI=1S/C31H45FO2/c1-20(7-6-10-29(34)24-8-4-5-9-28(24)32)25-13-14-26-23-12-11-21-19-22(33)15-17-30(21,2)27(23)16-18-31(25,26)3/h4-5,8-9,11,20,22-23,25-27,29,33-34H,6-7,10,12-19H2,1-3H3/t20-,22+,23+,25-,26+,27+,29?,30+,31-/m1/s1. The van der Waals surface area contributed by atoms with Gasteiger partial charge in [0.05, 0.1) is 12.2 Å². The smallest absolute Gasteiger partial charge is 0.128 e. The Bertz CT molecular complexity index is 910. The van der Waals surface area contributed by atoms with Crippen molar-refractivity contribution in [2.75, 3.05) is 0 Å². The van der Waals surface area contributed by atoms with Crippen molar-refractivity contribution in [1.82, 2.24) is 0 Å². The van der Waals surface area contributed by atoms with E-state index >= 15 is 0 Å². The van der Waals surface area contributed by atoms with Crippen molar-refractivity contribution in [2.45, 2.75) is 104 Å². The van der Waals surface area contributed by atoms with Crippen LogP contribution in [0.15, 0.2) is 35.9 Å². The first-order valence-electron chi connectivity index (χ1n) is 14.0. The fourth-order valence-corrected chi connectivity index (χ4v) is 9.35. The predicted octanol–water partition coefficient (Wildman–Crippen LogP) is 7.61. The normalized spacial score (nSPS) is 41.1. The van der Waals surface area contributed by atoms with Crippen molar-refractivity contribution in [1.29, 1.82) is 0 Å². The molecule has 0 spiro atoms. The second-order valence-corrected chi connectivity index (χ2v) is 12.8. The molecule has 0 heterocycles. The minimum Gasteiger partial charge on any atom is -0.393 e. The van der Waals surface area contributed by atoms with Crippen molar-refractivity contribution < 1.29 is 14.6 Å². The largest absolute Gasteiger partial charge is 0.393 e. The Balaban J connectivity index is 1.22. The molecule has 2 N–H and O–H groups in total. The van der Waals surface area contributed by atoms with Crippen LogP contribution in [0.3, 0.4) is 0 Å². The van der Waals surface area contributed by atoms with Crippen molar-refractivity contribution >= 4 is 0 Å². The fraction of sp³-hybridized carbons (Fsp3) is 0.742. The van der Waals surface area contributed by atoms with E-state index < -0.39 is 6.10 Å². The molecule has 34 heavy (non-hydrogen) atoms. The van der Waals surface area contributed by atoms with Crippen LogP contribution in [0.1, 0.15) is 103 Å². The topological polar surface area (TPSA) is 40.5 Å². The number of benzene rings is 1. The zero-order valence-corrected chi connectivity index (χ0v) is 21.5. The molecule has 3 fully saturated rings. The van der Waals surface area contributed by atoms with Gasteiger partial charge >= 0.3 is 0 Å². The molecule has 5 rings (SSSR count). The number of fused-ring (bicyclic) bond motifs is 5. The predicted molar refractivity (Wildman–Crippen MR) is 136 cm³/mol. The van der Waals surface area contributed by atoms with Crippen LogP contribution in [0.2, 0.25) is 0 Å². The van der Waals surface area contributed by atoms with Gasteiger partial charge in [0.15, 0.2) is 0 Å². The van der Waals surface area contributed by atoms with Gasteiger partial charge in [0.1, 0.15) is 5.82 Å². The molecule has 3 saturated carbocycles. The molecule has 0 aromatic heterocycles. The van der Waals surface area contributed by atoms with Gasteiger partial charge in [-0.3, -0.25) is 0 Å². The van der Waals surface area contributed by atoms with Gasteiger partial charge in [-0.1, -0.05) is 63.5 Å². The van der Waals surface area contributed by atoms with Gasteiger partial charge in [-0.25, -0.2) is 4.39 Å². The number of aliphatic hydroxyl groups is 2. The van der Waals surface area contributed by atoms with E-state index in [-0.39, 0.29) is 11.9 Å². The van der Waals surface area contributed by atoms with Gasteiger partial charge in [0.25, 0.3) is 0 Å². The first-order valence-corrected chi connectivity index (χ1v) is 14.0. The van der Waals surface area contributed by atoms with Gasteiger partial charge in [-0.15, -0.1) is 0 Å². The molecule has 188 valence electrons. The fourth-order valence-electron chi connectivity index (χ4n) is 9.35. The molecule has 1 aromatic rings. The summed E-state index contributed by atoms with van der Waals surface area (Å²) in [7, 11) is 0. The molecule has 0 bridgehead atoms. The summed E-state index contributed by atoms with van der Waals surface area (Å²) in [6.45, 7) is 7.55. The van der Waals surface area contributed by atoms with E-state index in [4.69, 9.17) is 0 Å². The van der Waals surface area contributed by atoms with E-state index in [1.165, 1.54) is 38.2 Å². The van der Waals surface area contributed by atoms with Crippen molar-refractivity contribution in [3.8, 4) is 0 Å². The number of allylic oxidation sites excluding steroid dienone is 1. The zero-order chi connectivity index (χ0) is 24.1. The Hall–Kier alpha value is -1.19. The van der Waals surface area contributed by atoms with Crippen LogP contribution in [0.25, 0.3) is 0 Å². The van der Waals surface area contributed by atoms with Crippen LogP contribution in [0, 0.1) is 46.2 Å². The van der Waals surface area contributed by atoms with Gasteiger partial charge in [-0.2, -0.15) is 0 Å². The summed E-state index contributed by atoms with van der Waals surface area (Å²) in [5, 5.41) is 20.8. The Morgan fingerprint density at radius 2 is 1.82 bits per heavy atom. The second-order valence-electron chi connectivity index (χ2n) is 12.8. The monoisotopic (exact) mass is 468 g/mol. The average Bonchev–Trinajstić information content (AvgIpc) is 3.17. The highest BCUT2D eigenvalue weighted by atomic mass is 19.1. The van der Waals surface area contributed by atoms with Crippen LogP contribution in [0.4, 0.5) is 4.39 Å². The number of rotatable bonds is 6. The second kappa shape index (κ2) is 9.36. The third kappa shape index (κ3) is 4.09. The van der Waals surface area contributed by atoms with Crippen molar-refractivity contribution in [3.63, 3.8) is 0 Å². The lowest BCUT2D eigenvalue weighted by molar-refractivity contribution is -0.0573. The molecule has 0 aliphatic heterocycles. The number of aliphatic hydroxyl groups excluding tert-OH is 2. The van der Waals surface area contributed by atoms with E-state index in [0.717, 1.165) is 55.8 Å². The Morgan fingerprint density at radius 1 is 1.03 bits per heavy atom. The minimum atomic E-state index is -0.700. The number of hydrogen-bond donors (Lipinski definition) is 2. The first kappa shape index (κ1) is 24.5. The molecule has 0 amide bonds. The molecular formula is C31H45FO2. The number of halogens is 1. The van der Waals surface area contributed by atoms with Crippen LogP contribution >= 0.6 is 0 Å². The third-order valence-electron chi connectivity index (χ3n) is 11.2. The summed E-state index contributed by atoms with van der Waals surface area (Å²) >= 11 is 0. The number of hydrogen-bond acceptors (Lipinski definition) is 2. The van der Waals surface area contributed by atoms with Crippen LogP contribution in [0.5, 0.6) is 0 Å². The molecule has 0 saturated heterocycles. The molecule has 0 radical (unpaired) electrons. The van der Waals surface area contributed by atoms with E-state index in [9.17, 15) is 14.6 Å². The third-order valence-corrected chi connectivity index (χ3v) is 11.2. The summed E-state index contributed by atoms with van der Waals surface area (Å²) in [4.78, 5) is 0.